The third-order valence-corrected chi connectivity index (χ3v) is 0.588. The molecule has 0 rings (SSSR count). The van der Waals surface area contributed by atoms with Gasteiger partial charge in [-0.25, -0.2) is 0 Å². The van der Waals surface area contributed by atoms with Crippen molar-refractivity contribution in [2.75, 3.05) is 0 Å². The van der Waals surface area contributed by atoms with Crippen LogP contribution in [0.2, 0.25) is 0 Å². The molecule has 7 heavy (non-hydrogen) atoms. The zero-order valence-corrected chi connectivity index (χ0v) is 4.47. The highest BCUT2D eigenvalue weighted by Gasteiger charge is 2.04. The summed E-state index contributed by atoms with van der Waals surface area (Å²) in [5.74, 6) is 4.03. The first-order chi connectivity index (χ1) is 3.18. The zero-order valence-electron chi connectivity index (χ0n) is 4.47. The summed E-state index contributed by atoms with van der Waals surface area (Å²) >= 11 is 0. The van der Waals surface area contributed by atoms with Crippen molar-refractivity contribution in [3.63, 3.8) is 0 Å². The largest absolute Gasteiger partial charge is 0.373 e. The number of rotatable bonds is 1. The van der Waals surface area contributed by atoms with Crippen molar-refractivity contribution in [1.29, 1.82) is 0 Å². The van der Waals surface area contributed by atoms with Crippen LogP contribution in [0, 0.1) is 5.92 Å². The Bertz CT molecular complexity index is 70.1. The van der Waals surface area contributed by atoms with Crippen LogP contribution >= 0.6 is 0 Å². The van der Waals surface area contributed by atoms with Gasteiger partial charge in [0.05, 0.1) is 5.92 Å². The molecule has 0 atom stereocenters. The first kappa shape index (κ1) is 6.43. The smallest absolute Gasteiger partial charge is 0.326 e. The maximum absolute atomic E-state index is 10.2. The molecule has 42 valence electrons. The number of carbonyl (C=O) groups excluding carboxylic acids is 1. The molecule has 0 aromatic heterocycles. The third kappa shape index (κ3) is 2.17. The quantitative estimate of drug-likeness (QED) is 0.477. The molecule has 0 fully saturated rings. The van der Waals surface area contributed by atoms with Crippen LogP contribution in [0.1, 0.15) is 13.8 Å². The van der Waals surface area contributed by atoms with Crippen LogP contribution in [-0.4, -0.2) is 5.97 Å². The van der Waals surface area contributed by atoms with Crippen LogP contribution in [0.25, 0.3) is 0 Å². The second kappa shape index (κ2) is 2.58. The average Bonchev–Trinajstić information content (AvgIpc) is 1.65. The SMILES string of the molecule is CC(C)C(=O)ON. The van der Waals surface area contributed by atoms with Gasteiger partial charge in [-0.2, -0.15) is 5.90 Å². The molecule has 0 unspecified atom stereocenters. The Kier molecular flexibility index (Phi) is 2.37. The Morgan fingerprint density at radius 1 is 1.71 bits per heavy atom. The summed E-state index contributed by atoms with van der Waals surface area (Å²) in [7, 11) is 0. The van der Waals surface area contributed by atoms with Crippen molar-refractivity contribution in [2.45, 2.75) is 13.8 Å². The molecule has 0 amide bonds. The first-order valence-electron chi connectivity index (χ1n) is 2.09. The maximum atomic E-state index is 10.2. The molecule has 0 saturated carbocycles. The van der Waals surface area contributed by atoms with Gasteiger partial charge in [0.25, 0.3) is 0 Å². The van der Waals surface area contributed by atoms with Crippen molar-refractivity contribution in [3.05, 3.63) is 0 Å². The van der Waals surface area contributed by atoms with Gasteiger partial charge in [0.15, 0.2) is 0 Å². The molecule has 0 heterocycles. The predicted molar refractivity (Wildman–Crippen MR) is 25.1 cm³/mol. The second-order valence-corrected chi connectivity index (χ2v) is 1.59. The lowest BCUT2D eigenvalue weighted by atomic mass is 10.2. The molecule has 0 saturated heterocycles. The fourth-order valence-electron chi connectivity index (χ4n) is 0.136. The van der Waals surface area contributed by atoms with Gasteiger partial charge < -0.3 is 4.84 Å². The summed E-state index contributed by atoms with van der Waals surface area (Å²) in [6.07, 6.45) is 0. The Morgan fingerprint density at radius 2 is 2.14 bits per heavy atom. The van der Waals surface area contributed by atoms with Crippen molar-refractivity contribution >= 4 is 5.97 Å². The van der Waals surface area contributed by atoms with E-state index < -0.39 is 0 Å². The Hall–Kier alpha value is -0.570. The summed E-state index contributed by atoms with van der Waals surface area (Å²) < 4.78 is 0. The Morgan fingerprint density at radius 3 is 2.14 bits per heavy atom. The van der Waals surface area contributed by atoms with Gasteiger partial charge >= 0.3 is 5.97 Å². The van der Waals surface area contributed by atoms with E-state index in [4.69, 9.17) is 0 Å². The van der Waals surface area contributed by atoms with Crippen LogP contribution in [0.4, 0.5) is 0 Å². The van der Waals surface area contributed by atoms with E-state index in [9.17, 15) is 4.79 Å². The molecule has 0 aliphatic heterocycles. The minimum atomic E-state index is -0.375. The van der Waals surface area contributed by atoms with Crippen molar-refractivity contribution in [1.82, 2.24) is 0 Å². The van der Waals surface area contributed by atoms with Gasteiger partial charge in [-0.3, -0.25) is 4.79 Å². The predicted octanol–water partition coefficient (Wildman–Crippen LogP) is 0.0593. The van der Waals surface area contributed by atoms with Crippen molar-refractivity contribution < 1.29 is 9.63 Å². The van der Waals surface area contributed by atoms with E-state index in [1.165, 1.54) is 0 Å². The van der Waals surface area contributed by atoms with Gasteiger partial charge in [-0.15, -0.1) is 0 Å². The zero-order chi connectivity index (χ0) is 5.86. The van der Waals surface area contributed by atoms with E-state index >= 15 is 0 Å². The van der Waals surface area contributed by atoms with Crippen LogP contribution < -0.4 is 5.90 Å². The average molecular weight is 103 g/mol. The molecule has 0 aromatic carbocycles. The summed E-state index contributed by atoms with van der Waals surface area (Å²) in [6, 6.07) is 0. The highest BCUT2D eigenvalue weighted by Crippen LogP contribution is 1.90. The van der Waals surface area contributed by atoms with Gasteiger partial charge in [-0.05, 0) is 0 Å². The molecule has 0 aliphatic rings. The minimum Gasteiger partial charge on any atom is -0.373 e. The molecule has 3 nitrogen and oxygen atoms in total. The van der Waals surface area contributed by atoms with E-state index in [2.05, 4.69) is 10.7 Å². The normalized spacial score (nSPS) is 9.14. The molecule has 3 heteroatoms. The monoisotopic (exact) mass is 103 g/mol. The number of carbonyl (C=O) groups is 1. The minimum absolute atomic E-state index is 0.120. The number of hydrogen-bond donors (Lipinski definition) is 1. The summed E-state index contributed by atoms with van der Waals surface area (Å²) in [4.78, 5) is 14.0. The fraction of sp³-hybridized carbons (Fsp3) is 0.750. The van der Waals surface area contributed by atoms with Gasteiger partial charge in [0.1, 0.15) is 0 Å². The summed E-state index contributed by atoms with van der Waals surface area (Å²) in [5, 5.41) is 0. The third-order valence-electron chi connectivity index (χ3n) is 0.588. The fourth-order valence-corrected chi connectivity index (χ4v) is 0.136. The Balaban J connectivity index is 3.35. The van der Waals surface area contributed by atoms with Crippen LogP contribution in [-0.2, 0) is 9.63 Å². The molecule has 0 bridgehead atoms. The molecular formula is C4H9NO2. The van der Waals surface area contributed by atoms with E-state index in [0.717, 1.165) is 0 Å². The highest BCUT2D eigenvalue weighted by atomic mass is 16.7. The maximum Gasteiger partial charge on any atom is 0.326 e. The molecule has 0 spiro atoms. The molecule has 0 aromatic rings. The molecular weight excluding hydrogens is 94.0 g/mol. The highest BCUT2D eigenvalue weighted by molar-refractivity contribution is 5.70. The summed E-state index contributed by atoms with van der Waals surface area (Å²) in [5.41, 5.74) is 0. The van der Waals surface area contributed by atoms with Crippen LogP contribution in [0.15, 0.2) is 0 Å². The lowest BCUT2D eigenvalue weighted by Gasteiger charge is -1.96. The van der Waals surface area contributed by atoms with E-state index in [1.807, 2.05) is 0 Å². The summed E-state index contributed by atoms with van der Waals surface area (Å²) in [6.45, 7) is 3.43. The number of nitrogens with two attached hydrogens (primary N) is 1. The van der Waals surface area contributed by atoms with Gasteiger partial charge in [0.2, 0.25) is 0 Å². The molecule has 2 N–H and O–H groups in total. The van der Waals surface area contributed by atoms with Crippen molar-refractivity contribution in [2.24, 2.45) is 11.8 Å². The molecule has 0 radical (unpaired) electrons. The van der Waals surface area contributed by atoms with E-state index in [1.54, 1.807) is 13.8 Å². The standard InChI is InChI=1S/C4H9NO2/c1-3(2)4(6)7-5/h3H,5H2,1-2H3. The topological polar surface area (TPSA) is 52.3 Å². The lowest BCUT2D eigenvalue weighted by Crippen LogP contribution is -2.15. The number of hydrogen-bond acceptors (Lipinski definition) is 3. The lowest BCUT2D eigenvalue weighted by molar-refractivity contribution is -0.147. The first-order valence-corrected chi connectivity index (χ1v) is 2.09. The van der Waals surface area contributed by atoms with Crippen molar-refractivity contribution in [3.8, 4) is 0 Å². The van der Waals surface area contributed by atoms with Crippen LogP contribution in [0.5, 0.6) is 0 Å². The van der Waals surface area contributed by atoms with Gasteiger partial charge in [0, 0.05) is 0 Å². The van der Waals surface area contributed by atoms with E-state index in [-0.39, 0.29) is 11.9 Å². The Labute approximate surface area is 42.4 Å². The van der Waals surface area contributed by atoms with Crippen LogP contribution in [0.3, 0.4) is 0 Å². The molecule has 0 aliphatic carbocycles. The van der Waals surface area contributed by atoms with E-state index in [0.29, 0.717) is 0 Å². The second-order valence-electron chi connectivity index (χ2n) is 1.59. The van der Waals surface area contributed by atoms with Gasteiger partial charge in [-0.1, -0.05) is 13.8 Å².